The van der Waals surface area contributed by atoms with E-state index in [0.29, 0.717) is 5.92 Å². The second-order valence-corrected chi connectivity index (χ2v) is 13.9. The van der Waals surface area contributed by atoms with Crippen molar-refractivity contribution in [1.82, 2.24) is 0 Å². The summed E-state index contributed by atoms with van der Waals surface area (Å²) in [5, 5.41) is 0.241. The van der Waals surface area contributed by atoms with Gasteiger partial charge in [0.15, 0.2) is 8.32 Å². The molecule has 0 bridgehead atoms. The van der Waals surface area contributed by atoms with Crippen LogP contribution in [0.25, 0.3) is 0 Å². The van der Waals surface area contributed by atoms with Gasteiger partial charge in [0.1, 0.15) is 0 Å². The quantitative estimate of drug-likeness (QED) is 0.538. The largest absolute Gasteiger partial charge is 0.417 e. The summed E-state index contributed by atoms with van der Waals surface area (Å²) in [6.45, 7) is 12.0. The van der Waals surface area contributed by atoms with Gasteiger partial charge in [-0.2, -0.15) is 21.9 Å². The zero-order chi connectivity index (χ0) is 15.6. The summed E-state index contributed by atoms with van der Waals surface area (Å²) in [6.07, 6.45) is 4.74. The highest BCUT2D eigenvalue weighted by Crippen LogP contribution is 2.37. The van der Waals surface area contributed by atoms with Gasteiger partial charge in [0.2, 0.25) is 0 Å². The summed E-state index contributed by atoms with van der Waals surface area (Å²) in [7, 11) is -4.98. The van der Waals surface area contributed by atoms with Crippen molar-refractivity contribution in [3.8, 4) is 0 Å². The maximum atomic E-state index is 11.1. The van der Waals surface area contributed by atoms with Gasteiger partial charge in [-0.1, -0.05) is 20.8 Å². The zero-order valence-corrected chi connectivity index (χ0v) is 17.0. The highest BCUT2D eigenvalue weighted by atomic mass is 32.2. The first-order valence-electron chi connectivity index (χ1n) is 7.43. The molecule has 0 aromatic rings. The maximum absolute atomic E-state index is 11.1. The summed E-state index contributed by atoms with van der Waals surface area (Å²) in [5.41, 5.74) is 0. The summed E-state index contributed by atoms with van der Waals surface area (Å²) in [6, 6.07) is 0. The van der Waals surface area contributed by atoms with Crippen molar-refractivity contribution in [1.29, 1.82) is 0 Å². The molecule has 0 aliphatic heterocycles. The van der Waals surface area contributed by atoms with E-state index in [1.54, 1.807) is 0 Å². The molecule has 2 atom stereocenters. The first kappa shape index (κ1) is 21.4. The van der Waals surface area contributed by atoms with Gasteiger partial charge in [-0.05, 0) is 49.7 Å². The highest BCUT2D eigenvalue weighted by Gasteiger charge is 2.37. The zero-order valence-electron chi connectivity index (χ0n) is 14.2. The van der Waals surface area contributed by atoms with E-state index in [9.17, 15) is 8.42 Å². The molecule has 0 aromatic carbocycles. The van der Waals surface area contributed by atoms with Crippen molar-refractivity contribution < 1.29 is 17.0 Å². The summed E-state index contributed by atoms with van der Waals surface area (Å²) in [5.74, 6) is 0.534. The Kier molecular flexibility index (Phi) is 7.98. The fourth-order valence-corrected chi connectivity index (χ4v) is 4.05. The lowest BCUT2D eigenvalue weighted by Gasteiger charge is -2.36. The third-order valence-electron chi connectivity index (χ3n) is 4.60. The van der Waals surface area contributed by atoms with Crippen molar-refractivity contribution >= 4 is 31.9 Å². The number of rotatable bonds is 6. The van der Waals surface area contributed by atoms with Crippen molar-refractivity contribution in [2.24, 2.45) is 5.92 Å². The molecule has 0 N–H and O–H groups in total. The average molecular weight is 357 g/mol. The Morgan fingerprint density at radius 1 is 1.19 bits per heavy atom. The minimum Gasteiger partial charge on any atom is -0.417 e. The van der Waals surface area contributed by atoms with E-state index < -0.39 is 18.4 Å². The normalized spacial score (nSPS) is 23.9. The molecule has 1 fully saturated rings. The van der Waals surface area contributed by atoms with E-state index in [4.69, 9.17) is 8.61 Å². The highest BCUT2D eigenvalue weighted by molar-refractivity contribution is 7.86. The van der Waals surface area contributed by atoms with Crippen LogP contribution in [0.4, 0.5) is 0 Å². The van der Waals surface area contributed by atoms with Crippen LogP contribution < -0.4 is 0 Å². The van der Waals surface area contributed by atoms with Crippen LogP contribution in [0.2, 0.25) is 18.1 Å². The second-order valence-electron chi connectivity index (χ2n) is 7.50. The molecule has 1 aliphatic carbocycles. The van der Waals surface area contributed by atoms with Gasteiger partial charge in [-0.25, -0.2) is 0 Å². The molecular weight excluding hydrogens is 324 g/mol. The summed E-state index contributed by atoms with van der Waals surface area (Å²) in [4.78, 5) is 0. The van der Waals surface area contributed by atoms with Crippen molar-refractivity contribution in [2.45, 2.75) is 70.7 Å². The molecule has 0 heterocycles. The van der Waals surface area contributed by atoms with Crippen LogP contribution in [0.5, 0.6) is 0 Å². The average Bonchev–Trinajstić information content (AvgIpc) is 2.60. The Balaban J connectivity index is 0.00000400. The molecule has 1 aliphatic rings. The topological polar surface area (TPSA) is 52.6 Å². The third-order valence-corrected chi connectivity index (χ3v) is 9.76. The first-order valence-corrected chi connectivity index (χ1v) is 12.2. The van der Waals surface area contributed by atoms with Crippen LogP contribution in [0.1, 0.15) is 46.5 Å². The van der Waals surface area contributed by atoms with Crippen LogP contribution >= 0.6 is 13.5 Å². The van der Waals surface area contributed by atoms with Gasteiger partial charge in [-0.3, -0.25) is 4.18 Å². The summed E-state index contributed by atoms with van der Waals surface area (Å²) >= 11 is 0. The lowest BCUT2D eigenvalue weighted by atomic mass is 10.1. The van der Waals surface area contributed by atoms with Gasteiger partial charge >= 0.3 is 0 Å². The Labute approximate surface area is 138 Å². The van der Waals surface area contributed by atoms with Crippen LogP contribution in [-0.4, -0.2) is 35.7 Å². The fourth-order valence-electron chi connectivity index (χ4n) is 2.32. The molecule has 128 valence electrons. The van der Waals surface area contributed by atoms with Crippen molar-refractivity contribution in [3.05, 3.63) is 0 Å². The van der Waals surface area contributed by atoms with Crippen LogP contribution in [0.3, 0.4) is 0 Å². The monoisotopic (exact) mass is 356 g/mol. The van der Waals surface area contributed by atoms with Gasteiger partial charge < -0.3 is 4.43 Å². The Bertz CT molecular complexity index is 415. The lowest BCUT2D eigenvalue weighted by molar-refractivity contribution is 0.206. The molecule has 1 saturated carbocycles. The fraction of sp³-hybridized carbons (Fsp3) is 1.00. The molecule has 0 saturated heterocycles. The molecule has 0 radical (unpaired) electrons. The smallest absolute Gasteiger partial charge is 0.264 e. The van der Waals surface area contributed by atoms with Crippen LogP contribution in [-0.2, 0) is 18.7 Å². The van der Waals surface area contributed by atoms with E-state index in [2.05, 4.69) is 33.9 Å². The maximum Gasteiger partial charge on any atom is 0.264 e. The van der Waals surface area contributed by atoms with Gasteiger partial charge in [-0.15, -0.1) is 0 Å². The molecule has 7 heteroatoms. The van der Waals surface area contributed by atoms with Gasteiger partial charge in [0.25, 0.3) is 10.1 Å². The molecule has 1 rings (SSSR count). The Hall–Kier alpha value is 0.437. The Morgan fingerprint density at radius 2 is 1.76 bits per heavy atom. The standard InChI is InChI=1S/C14H30O4SSi.H2S/c1-14(2,3)20(5,6)17-10-9-12-7-8-13(11-12)18-19(4,15)16;/h12-13H,7-11H2,1-6H3;1H2/t12-,13+;/m1./s1. The minimum absolute atomic E-state index is 0. The lowest BCUT2D eigenvalue weighted by Crippen LogP contribution is -2.41. The van der Waals surface area contributed by atoms with Gasteiger partial charge in [0, 0.05) is 6.61 Å². The van der Waals surface area contributed by atoms with E-state index in [-0.39, 0.29) is 24.6 Å². The van der Waals surface area contributed by atoms with E-state index >= 15 is 0 Å². The van der Waals surface area contributed by atoms with Crippen molar-refractivity contribution in [3.63, 3.8) is 0 Å². The minimum atomic E-state index is -3.32. The predicted octanol–water partition coefficient (Wildman–Crippen LogP) is 3.66. The van der Waals surface area contributed by atoms with Gasteiger partial charge in [0.05, 0.1) is 12.4 Å². The first-order chi connectivity index (χ1) is 8.91. The number of hydrogen-bond donors (Lipinski definition) is 0. The Morgan fingerprint density at radius 3 is 2.24 bits per heavy atom. The van der Waals surface area contributed by atoms with Crippen molar-refractivity contribution in [2.75, 3.05) is 12.9 Å². The second kappa shape index (κ2) is 7.81. The molecule has 0 spiro atoms. The molecule has 0 aromatic heterocycles. The summed E-state index contributed by atoms with van der Waals surface area (Å²) < 4.78 is 33.5. The molecular formula is C14H32O4S2Si. The van der Waals surface area contributed by atoms with E-state index in [1.807, 2.05) is 0 Å². The predicted molar refractivity (Wildman–Crippen MR) is 95.2 cm³/mol. The van der Waals surface area contributed by atoms with Crippen LogP contribution in [0, 0.1) is 5.92 Å². The SMILES string of the molecule is CC(C)(C)[Si](C)(C)OCC[C@H]1CC[C@H](OS(C)(=O)=O)C1.S. The van der Waals surface area contributed by atoms with E-state index in [0.717, 1.165) is 38.5 Å². The van der Waals surface area contributed by atoms with E-state index in [1.165, 1.54) is 0 Å². The number of hydrogen-bond acceptors (Lipinski definition) is 4. The molecule has 4 nitrogen and oxygen atoms in total. The molecule has 0 amide bonds. The third kappa shape index (κ3) is 7.50. The molecule has 0 unspecified atom stereocenters. The van der Waals surface area contributed by atoms with Crippen LogP contribution in [0.15, 0.2) is 0 Å². The molecule has 21 heavy (non-hydrogen) atoms.